The zero-order valence-electron chi connectivity index (χ0n) is 14.5. The summed E-state index contributed by atoms with van der Waals surface area (Å²) < 4.78 is 10.6. The van der Waals surface area contributed by atoms with Crippen molar-refractivity contribution in [3.8, 4) is 11.5 Å². The highest BCUT2D eigenvalue weighted by Gasteiger charge is 2.12. The molecular weight excluding hydrogens is 340 g/mol. The molecule has 27 heavy (non-hydrogen) atoms. The van der Waals surface area contributed by atoms with Gasteiger partial charge < -0.3 is 20.1 Å². The summed E-state index contributed by atoms with van der Waals surface area (Å²) in [7, 11) is 0. The van der Waals surface area contributed by atoms with Gasteiger partial charge in [-0.05, 0) is 60.2 Å². The minimum Gasteiger partial charge on any atom is -0.454 e. The van der Waals surface area contributed by atoms with Gasteiger partial charge in [0.1, 0.15) is 0 Å². The van der Waals surface area contributed by atoms with E-state index in [2.05, 4.69) is 10.6 Å². The quantitative estimate of drug-likeness (QED) is 0.643. The Morgan fingerprint density at radius 2 is 1.52 bits per heavy atom. The predicted octanol–water partition coefficient (Wildman–Crippen LogP) is 4.81. The molecule has 0 bridgehead atoms. The Labute approximate surface area is 157 Å². The summed E-state index contributed by atoms with van der Waals surface area (Å²) in [5.74, 6) is 1.22. The molecule has 0 saturated heterocycles. The van der Waals surface area contributed by atoms with Crippen LogP contribution in [0.4, 0.5) is 17.1 Å². The average molecular weight is 358 g/mol. The maximum Gasteiger partial charge on any atom is 0.248 e. The Morgan fingerprint density at radius 3 is 2.33 bits per heavy atom. The van der Waals surface area contributed by atoms with E-state index in [1.807, 2.05) is 72.8 Å². The summed E-state index contributed by atoms with van der Waals surface area (Å²) in [6, 6.07) is 23.0. The standard InChI is InChI=1S/C22H18N2O3/c25-22(13-7-16-6-12-20-21(14-16)27-15-26-20)24-19-10-8-18(9-11-19)23-17-4-2-1-3-5-17/h1-14,23H,15H2,(H,24,25)/b13-7+. The Balaban J connectivity index is 1.35. The van der Waals surface area contributed by atoms with E-state index >= 15 is 0 Å². The van der Waals surface area contributed by atoms with Crippen LogP contribution >= 0.6 is 0 Å². The second-order valence-corrected chi connectivity index (χ2v) is 6.00. The third-order valence-electron chi connectivity index (χ3n) is 4.04. The molecule has 0 saturated carbocycles. The van der Waals surface area contributed by atoms with Crippen molar-refractivity contribution in [3.63, 3.8) is 0 Å². The largest absolute Gasteiger partial charge is 0.454 e. The van der Waals surface area contributed by atoms with E-state index in [4.69, 9.17) is 9.47 Å². The Bertz CT molecular complexity index is 967. The molecule has 0 radical (unpaired) electrons. The van der Waals surface area contributed by atoms with Gasteiger partial charge in [-0.15, -0.1) is 0 Å². The van der Waals surface area contributed by atoms with Crippen molar-refractivity contribution in [2.24, 2.45) is 0 Å². The lowest BCUT2D eigenvalue weighted by Gasteiger charge is -2.07. The fourth-order valence-corrected chi connectivity index (χ4v) is 2.70. The van der Waals surface area contributed by atoms with Gasteiger partial charge >= 0.3 is 0 Å². The molecule has 1 heterocycles. The van der Waals surface area contributed by atoms with Gasteiger partial charge in [-0.1, -0.05) is 24.3 Å². The Kier molecular flexibility index (Phi) is 4.74. The molecule has 0 fully saturated rings. The number of hydrogen-bond donors (Lipinski definition) is 2. The van der Waals surface area contributed by atoms with Crippen LogP contribution in [0.5, 0.6) is 11.5 Å². The van der Waals surface area contributed by atoms with Crippen molar-refractivity contribution in [1.29, 1.82) is 0 Å². The number of anilines is 3. The minimum atomic E-state index is -0.198. The van der Waals surface area contributed by atoms with Crippen molar-refractivity contribution in [2.75, 3.05) is 17.4 Å². The third-order valence-corrected chi connectivity index (χ3v) is 4.04. The van der Waals surface area contributed by atoms with Gasteiger partial charge in [0.05, 0.1) is 0 Å². The van der Waals surface area contributed by atoms with E-state index in [0.29, 0.717) is 5.75 Å². The summed E-state index contributed by atoms with van der Waals surface area (Å²) in [4.78, 5) is 12.1. The fraction of sp³-hybridized carbons (Fsp3) is 0.0455. The van der Waals surface area contributed by atoms with Gasteiger partial charge in [0.2, 0.25) is 12.7 Å². The molecule has 5 heteroatoms. The molecule has 3 aromatic carbocycles. The molecule has 134 valence electrons. The Hall–Kier alpha value is -3.73. The predicted molar refractivity (Wildman–Crippen MR) is 106 cm³/mol. The molecular formula is C22H18N2O3. The highest BCUT2D eigenvalue weighted by Crippen LogP contribution is 2.32. The lowest BCUT2D eigenvalue weighted by Crippen LogP contribution is -2.07. The average Bonchev–Trinajstić information content (AvgIpc) is 3.17. The van der Waals surface area contributed by atoms with Crippen molar-refractivity contribution in [3.05, 3.63) is 84.4 Å². The van der Waals surface area contributed by atoms with E-state index in [1.54, 1.807) is 6.08 Å². The summed E-state index contributed by atoms with van der Waals surface area (Å²) in [5.41, 5.74) is 3.57. The first kappa shape index (κ1) is 16.7. The first-order valence-electron chi connectivity index (χ1n) is 8.57. The number of carbonyl (C=O) groups excluding carboxylic acids is 1. The highest BCUT2D eigenvalue weighted by atomic mass is 16.7. The van der Waals surface area contributed by atoms with Crippen molar-refractivity contribution in [2.45, 2.75) is 0 Å². The molecule has 1 amide bonds. The second-order valence-electron chi connectivity index (χ2n) is 6.00. The van der Waals surface area contributed by atoms with Crippen LogP contribution in [0.15, 0.2) is 78.9 Å². The zero-order chi connectivity index (χ0) is 18.5. The van der Waals surface area contributed by atoms with Crippen LogP contribution in [0, 0.1) is 0 Å². The molecule has 2 N–H and O–H groups in total. The van der Waals surface area contributed by atoms with Gasteiger partial charge in [-0.25, -0.2) is 0 Å². The minimum absolute atomic E-state index is 0.198. The highest BCUT2D eigenvalue weighted by molar-refractivity contribution is 6.02. The smallest absolute Gasteiger partial charge is 0.248 e. The van der Waals surface area contributed by atoms with Crippen molar-refractivity contribution < 1.29 is 14.3 Å². The number of hydrogen-bond acceptors (Lipinski definition) is 4. The van der Waals surface area contributed by atoms with Crippen LogP contribution in [-0.4, -0.2) is 12.7 Å². The van der Waals surface area contributed by atoms with Crippen molar-refractivity contribution in [1.82, 2.24) is 0 Å². The lowest BCUT2D eigenvalue weighted by atomic mass is 10.2. The van der Waals surface area contributed by atoms with E-state index in [-0.39, 0.29) is 12.7 Å². The maximum atomic E-state index is 12.1. The molecule has 0 aliphatic carbocycles. The van der Waals surface area contributed by atoms with Crippen LogP contribution < -0.4 is 20.1 Å². The molecule has 0 aromatic heterocycles. The third kappa shape index (κ3) is 4.27. The topological polar surface area (TPSA) is 59.6 Å². The number of ether oxygens (including phenoxy) is 2. The molecule has 0 atom stereocenters. The van der Waals surface area contributed by atoms with E-state index in [1.165, 1.54) is 6.08 Å². The van der Waals surface area contributed by atoms with E-state index in [0.717, 1.165) is 28.4 Å². The molecule has 1 aliphatic heterocycles. The summed E-state index contributed by atoms with van der Waals surface area (Å²) in [6.45, 7) is 0.234. The van der Waals surface area contributed by atoms with Crippen LogP contribution in [0.1, 0.15) is 5.56 Å². The Morgan fingerprint density at radius 1 is 0.815 bits per heavy atom. The normalized spacial score (nSPS) is 12.1. The first-order valence-corrected chi connectivity index (χ1v) is 8.57. The first-order chi connectivity index (χ1) is 13.3. The van der Waals surface area contributed by atoms with Gasteiger partial charge in [0.15, 0.2) is 11.5 Å². The number of amides is 1. The number of rotatable bonds is 5. The molecule has 3 aromatic rings. The van der Waals surface area contributed by atoms with Crippen LogP contribution in [0.3, 0.4) is 0 Å². The summed E-state index contributed by atoms with van der Waals surface area (Å²) >= 11 is 0. The number of benzene rings is 3. The second kappa shape index (κ2) is 7.66. The monoisotopic (exact) mass is 358 g/mol. The number of para-hydroxylation sites is 1. The van der Waals surface area contributed by atoms with Gasteiger partial charge in [0.25, 0.3) is 0 Å². The van der Waals surface area contributed by atoms with Crippen molar-refractivity contribution >= 4 is 29.0 Å². The molecule has 1 aliphatic rings. The number of fused-ring (bicyclic) bond motifs is 1. The summed E-state index contributed by atoms with van der Waals surface area (Å²) in [5, 5.41) is 6.15. The van der Waals surface area contributed by atoms with Gasteiger partial charge in [0, 0.05) is 23.1 Å². The number of carbonyl (C=O) groups is 1. The SMILES string of the molecule is O=C(/C=C/c1ccc2c(c1)OCO2)Nc1ccc(Nc2ccccc2)cc1. The van der Waals surface area contributed by atoms with Gasteiger partial charge in [-0.3, -0.25) is 4.79 Å². The number of nitrogens with one attached hydrogen (secondary N) is 2. The summed E-state index contributed by atoms with van der Waals surface area (Å²) in [6.07, 6.45) is 3.23. The molecule has 0 spiro atoms. The van der Waals surface area contributed by atoms with Gasteiger partial charge in [-0.2, -0.15) is 0 Å². The van der Waals surface area contributed by atoms with Crippen LogP contribution in [-0.2, 0) is 4.79 Å². The zero-order valence-corrected chi connectivity index (χ0v) is 14.5. The molecule has 4 rings (SSSR count). The maximum absolute atomic E-state index is 12.1. The van der Waals surface area contributed by atoms with Crippen LogP contribution in [0.2, 0.25) is 0 Å². The van der Waals surface area contributed by atoms with Crippen LogP contribution in [0.25, 0.3) is 6.08 Å². The fourth-order valence-electron chi connectivity index (χ4n) is 2.70. The van der Waals surface area contributed by atoms with E-state index in [9.17, 15) is 4.79 Å². The van der Waals surface area contributed by atoms with E-state index < -0.39 is 0 Å². The molecule has 0 unspecified atom stereocenters. The lowest BCUT2D eigenvalue weighted by molar-refractivity contribution is -0.111. The molecule has 5 nitrogen and oxygen atoms in total.